The van der Waals surface area contributed by atoms with Crippen LogP contribution in [0.15, 0.2) is 30.7 Å². The van der Waals surface area contributed by atoms with E-state index in [9.17, 15) is 10.1 Å². The minimum Gasteiger partial charge on any atom is -0.441 e. The molecule has 1 saturated heterocycles. The van der Waals surface area contributed by atoms with Gasteiger partial charge < -0.3 is 9.30 Å². The molecule has 2 aliphatic rings. The van der Waals surface area contributed by atoms with Gasteiger partial charge in [-0.15, -0.1) is 5.10 Å². The van der Waals surface area contributed by atoms with E-state index in [0.29, 0.717) is 18.7 Å². The Bertz CT molecular complexity index is 1240. The molecule has 0 bridgehead atoms. The number of rotatable bonds is 5. The van der Waals surface area contributed by atoms with Crippen molar-refractivity contribution in [1.82, 2.24) is 29.4 Å². The third kappa shape index (κ3) is 4.06. The van der Waals surface area contributed by atoms with E-state index in [-0.39, 0.29) is 17.6 Å². The first-order valence-electron chi connectivity index (χ1n) is 11.5. The molecule has 2 aromatic heterocycles. The number of benzene rings is 1. The van der Waals surface area contributed by atoms with Crippen molar-refractivity contribution in [2.24, 2.45) is 5.41 Å². The summed E-state index contributed by atoms with van der Waals surface area (Å²) < 4.78 is 9.97. The van der Waals surface area contributed by atoms with Gasteiger partial charge >= 0.3 is 6.09 Å². The number of nitriles is 1. The molecule has 5 rings (SSSR count). The first-order valence-corrected chi connectivity index (χ1v) is 11.5. The maximum Gasteiger partial charge on any atom is 0.410 e. The smallest absolute Gasteiger partial charge is 0.410 e. The van der Waals surface area contributed by atoms with Gasteiger partial charge in [0, 0.05) is 12.6 Å². The van der Waals surface area contributed by atoms with Gasteiger partial charge in [0.05, 0.1) is 48.3 Å². The van der Waals surface area contributed by atoms with Gasteiger partial charge in [-0.3, -0.25) is 4.90 Å². The third-order valence-electron chi connectivity index (χ3n) is 6.94. The molecule has 2 unspecified atom stereocenters. The Morgan fingerprint density at radius 2 is 2.15 bits per heavy atom. The van der Waals surface area contributed by atoms with Crippen molar-refractivity contribution in [3.8, 4) is 6.07 Å². The lowest BCUT2D eigenvalue weighted by molar-refractivity contribution is -0.0270. The number of carbonyl (C=O) groups is 1. The van der Waals surface area contributed by atoms with Crippen LogP contribution in [0, 0.1) is 16.7 Å². The molecular weight excluding hydrogens is 418 g/mol. The monoisotopic (exact) mass is 447 g/mol. The van der Waals surface area contributed by atoms with E-state index >= 15 is 0 Å². The van der Waals surface area contributed by atoms with Gasteiger partial charge in [-0.05, 0) is 63.1 Å². The van der Waals surface area contributed by atoms with Gasteiger partial charge in [0.25, 0.3) is 0 Å². The van der Waals surface area contributed by atoms with Crippen LogP contribution >= 0.6 is 0 Å². The van der Waals surface area contributed by atoms with Crippen molar-refractivity contribution in [3.63, 3.8) is 0 Å². The van der Waals surface area contributed by atoms with Crippen LogP contribution in [0.3, 0.4) is 0 Å². The van der Waals surface area contributed by atoms with Gasteiger partial charge in [-0.25, -0.2) is 14.5 Å². The highest BCUT2D eigenvalue weighted by atomic mass is 16.6. The number of nitrogens with zero attached hydrogens (tertiary/aromatic N) is 7. The minimum atomic E-state index is -0.480. The van der Waals surface area contributed by atoms with E-state index in [0.717, 1.165) is 49.0 Å². The van der Waals surface area contributed by atoms with Crippen LogP contribution in [-0.2, 0) is 17.8 Å². The Labute approximate surface area is 192 Å². The van der Waals surface area contributed by atoms with Crippen LogP contribution in [-0.4, -0.2) is 47.7 Å². The van der Waals surface area contributed by atoms with Crippen molar-refractivity contribution in [2.45, 2.75) is 71.2 Å². The molecule has 1 amide bonds. The Hall–Kier alpha value is -3.41. The van der Waals surface area contributed by atoms with E-state index in [1.165, 1.54) is 0 Å². The lowest BCUT2D eigenvalue weighted by Crippen LogP contribution is -2.44. The zero-order valence-corrected chi connectivity index (χ0v) is 19.4. The predicted molar refractivity (Wildman–Crippen MR) is 121 cm³/mol. The molecule has 2 fully saturated rings. The van der Waals surface area contributed by atoms with Gasteiger partial charge in [0.2, 0.25) is 0 Å². The highest BCUT2D eigenvalue weighted by molar-refractivity contribution is 5.77. The molecule has 3 heterocycles. The Morgan fingerprint density at radius 3 is 2.91 bits per heavy atom. The summed E-state index contributed by atoms with van der Waals surface area (Å²) in [5.74, 6) is 0. The Kier molecular flexibility index (Phi) is 5.11. The standard InChI is InChI=1S/C24H29N7O2/c1-17(2)31-12-19(27-28-31)11-29-15-24(33-22(29)32)8-4-7-23(3,13-24)14-30-16-26-20-6-5-18(10-25)9-21(20)30/h5-6,9,12,16-17H,4,7-8,11,13-15H2,1-3H3. The number of amides is 1. The molecule has 33 heavy (non-hydrogen) atoms. The summed E-state index contributed by atoms with van der Waals surface area (Å²) >= 11 is 0. The summed E-state index contributed by atoms with van der Waals surface area (Å²) in [7, 11) is 0. The second kappa shape index (κ2) is 7.87. The molecule has 1 saturated carbocycles. The third-order valence-corrected chi connectivity index (χ3v) is 6.94. The molecule has 1 spiro atoms. The van der Waals surface area contributed by atoms with Crippen LogP contribution in [0.2, 0.25) is 0 Å². The van der Waals surface area contributed by atoms with E-state index in [4.69, 9.17) is 4.74 Å². The van der Waals surface area contributed by atoms with Crippen molar-refractivity contribution in [2.75, 3.05) is 6.54 Å². The Balaban J connectivity index is 1.32. The molecule has 9 nitrogen and oxygen atoms in total. The van der Waals surface area contributed by atoms with Crippen molar-refractivity contribution >= 4 is 17.1 Å². The summed E-state index contributed by atoms with van der Waals surface area (Å²) in [5, 5.41) is 17.6. The zero-order valence-electron chi connectivity index (χ0n) is 19.4. The van der Waals surface area contributed by atoms with Crippen LogP contribution in [0.5, 0.6) is 0 Å². The number of imidazole rings is 1. The number of fused-ring (bicyclic) bond motifs is 1. The molecule has 2 atom stereocenters. The van der Waals surface area contributed by atoms with Crippen molar-refractivity contribution in [1.29, 1.82) is 5.26 Å². The highest BCUT2D eigenvalue weighted by Crippen LogP contribution is 2.47. The van der Waals surface area contributed by atoms with Crippen molar-refractivity contribution < 1.29 is 9.53 Å². The van der Waals surface area contributed by atoms with E-state index in [1.54, 1.807) is 15.6 Å². The summed E-state index contributed by atoms with van der Waals surface area (Å²) in [6, 6.07) is 8.02. The molecule has 172 valence electrons. The van der Waals surface area contributed by atoms with Crippen LogP contribution in [0.1, 0.15) is 63.8 Å². The lowest BCUT2D eigenvalue weighted by atomic mass is 9.68. The lowest BCUT2D eigenvalue weighted by Gasteiger charge is -2.43. The number of hydrogen-bond donors (Lipinski definition) is 0. The molecular formula is C24H29N7O2. The Morgan fingerprint density at radius 1 is 1.30 bits per heavy atom. The van der Waals surface area contributed by atoms with E-state index in [1.807, 2.05) is 38.5 Å². The predicted octanol–water partition coefficient (Wildman–Crippen LogP) is 4.05. The van der Waals surface area contributed by atoms with Crippen molar-refractivity contribution in [3.05, 3.63) is 42.0 Å². The fourth-order valence-electron chi connectivity index (χ4n) is 5.46. The molecule has 0 N–H and O–H groups in total. The van der Waals surface area contributed by atoms with Crippen LogP contribution in [0.4, 0.5) is 4.79 Å². The van der Waals surface area contributed by atoms with E-state index in [2.05, 4.69) is 32.9 Å². The zero-order chi connectivity index (χ0) is 23.2. The fraction of sp³-hybridized carbons (Fsp3) is 0.542. The number of carbonyl (C=O) groups excluding carboxylic acids is 1. The first-order chi connectivity index (χ1) is 15.8. The maximum absolute atomic E-state index is 12.8. The van der Waals surface area contributed by atoms with Gasteiger partial charge in [0.1, 0.15) is 11.3 Å². The van der Waals surface area contributed by atoms with Crippen LogP contribution < -0.4 is 0 Å². The highest BCUT2D eigenvalue weighted by Gasteiger charge is 2.51. The second-order valence-electron chi connectivity index (χ2n) is 10.2. The van der Waals surface area contributed by atoms with Gasteiger partial charge in [0.15, 0.2) is 0 Å². The molecule has 1 aliphatic carbocycles. The van der Waals surface area contributed by atoms with Crippen LogP contribution in [0.25, 0.3) is 11.0 Å². The average Bonchev–Trinajstić information content (AvgIpc) is 3.46. The van der Waals surface area contributed by atoms with Gasteiger partial charge in [-0.1, -0.05) is 12.1 Å². The summed E-state index contributed by atoms with van der Waals surface area (Å²) in [4.78, 5) is 19.0. The molecule has 1 aromatic carbocycles. The second-order valence-corrected chi connectivity index (χ2v) is 10.2. The molecule has 0 radical (unpaired) electrons. The summed E-state index contributed by atoms with van der Waals surface area (Å²) in [5.41, 5.74) is 2.72. The fourth-order valence-corrected chi connectivity index (χ4v) is 5.46. The quantitative estimate of drug-likeness (QED) is 0.585. The SMILES string of the molecule is CC(C)n1cc(CN2CC3(CCCC(C)(Cn4cnc5ccc(C#N)cc54)C3)OC2=O)nn1. The summed E-state index contributed by atoms with van der Waals surface area (Å²) in [6.45, 7) is 8.10. The number of ether oxygens (including phenoxy) is 1. The molecule has 9 heteroatoms. The average molecular weight is 448 g/mol. The summed E-state index contributed by atoms with van der Waals surface area (Å²) in [6.07, 6.45) is 7.18. The normalized spacial score (nSPS) is 25.2. The largest absolute Gasteiger partial charge is 0.441 e. The molecule has 1 aliphatic heterocycles. The first kappa shape index (κ1) is 21.4. The topological polar surface area (TPSA) is 102 Å². The number of aromatic nitrogens is 5. The number of hydrogen-bond acceptors (Lipinski definition) is 6. The van der Waals surface area contributed by atoms with Gasteiger partial charge in [-0.2, -0.15) is 5.26 Å². The van der Waals surface area contributed by atoms with E-state index < -0.39 is 5.60 Å². The minimum absolute atomic E-state index is 0.0500. The molecule has 3 aromatic rings. The maximum atomic E-state index is 12.8.